The zero-order valence-electron chi connectivity index (χ0n) is 11.4. The maximum atomic E-state index is 13.1. The average molecular weight is 302 g/mol. The lowest BCUT2D eigenvalue weighted by atomic mass is 10.1. The lowest BCUT2D eigenvalue weighted by Gasteiger charge is -2.10. The number of aryl methyl sites for hydroxylation is 1. The molecular formula is C17H13ClFNO. The standard InChI is InChI=1S/C17H13ClFNO/c1-11-8-14(19)6-7-16(11)21-10-13-9-12-4-2-3-5-15(12)20-17(13)18/h2-9H,10H2,1H3. The van der Waals surface area contributed by atoms with Crippen molar-refractivity contribution in [3.8, 4) is 5.75 Å². The van der Waals surface area contributed by atoms with E-state index in [9.17, 15) is 4.39 Å². The molecule has 0 spiro atoms. The quantitative estimate of drug-likeness (QED) is 0.641. The van der Waals surface area contributed by atoms with Crippen molar-refractivity contribution in [3.63, 3.8) is 0 Å². The highest BCUT2D eigenvalue weighted by Gasteiger charge is 2.07. The molecule has 2 nitrogen and oxygen atoms in total. The van der Waals surface area contributed by atoms with E-state index in [2.05, 4.69) is 4.98 Å². The smallest absolute Gasteiger partial charge is 0.136 e. The molecule has 1 aromatic heterocycles. The van der Waals surface area contributed by atoms with Crippen LogP contribution in [-0.2, 0) is 6.61 Å². The number of para-hydroxylation sites is 1. The van der Waals surface area contributed by atoms with Crippen LogP contribution in [0.25, 0.3) is 10.9 Å². The lowest BCUT2D eigenvalue weighted by molar-refractivity contribution is 0.303. The highest BCUT2D eigenvalue weighted by atomic mass is 35.5. The molecule has 0 aliphatic carbocycles. The number of nitrogens with zero attached hydrogens (tertiary/aromatic N) is 1. The minimum Gasteiger partial charge on any atom is -0.489 e. The fourth-order valence-corrected chi connectivity index (χ4v) is 2.37. The second-order valence-corrected chi connectivity index (χ2v) is 5.19. The fraction of sp³-hybridized carbons (Fsp3) is 0.118. The molecule has 106 valence electrons. The van der Waals surface area contributed by atoms with Gasteiger partial charge in [0.25, 0.3) is 0 Å². The molecule has 0 saturated heterocycles. The van der Waals surface area contributed by atoms with E-state index in [1.807, 2.05) is 30.3 Å². The van der Waals surface area contributed by atoms with Gasteiger partial charge in [0, 0.05) is 10.9 Å². The molecule has 0 atom stereocenters. The molecule has 2 aromatic carbocycles. The Hall–Kier alpha value is -2.13. The van der Waals surface area contributed by atoms with Gasteiger partial charge in [0.05, 0.1) is 5.52 Å². The van der Waals surface area contributed by atoms with E-state index < -0.39 is 0 Å². The normalized spacial score (nSPS) is 10.8. The number of aromatic nitrogens is 1. The molecule has 0 aliphatic rings. The van der Waals surface area contributed by atoms with Crippen molar-refractivity contribution in [2.45, 2.75) is 13.5 Å². The van der Waals surface area contributed by atoms with E-state index in [1.165, 1.54) is 12.1 Å². The summed E-state index contributed by atoms with van der Waals surface area (Å²) >= 11 is 6.18. The van der Waals surface area contributed by atoms with Gasteiger partial charge in [-0.05, 0) is 42.8 Å². The predicted octanol–water partition coefficient (Wildman–Crippen LogP) is 4.91. The molecular weight excluding hydrogens is 289 g/mol. The molecule has 3 rings (SSSR count). The molecule has 0 N–H and O–H groups in total. The van der Waals surface area contributed by atoms with Crippen LogP contribution in [-0.4, -0.2) is 4.98 Å². The van der Waals surface area contributed by atoms with Gasteiger partial charge in [-0.2, -0.15) is 0 Å². The van der Waals surface area contributed by atoms with Gasteiger partial charge >= 0.3 is 0 Å². The van der Waals surface area contributed by atoms with Crippen molar-refractivity contribution in [1.29, 1.82) is 0 Å². The van der Waals surface area contributed by atoms with Crippen molar-refractivity contribution >= 4 is 22.5 Å². The van der Waals surface area contributed by atoms with E-state index in [-0.39, 0.29) is 5.82 Å². The van der Waals surface area contributed by atoms with Crippen molar-refractivity contribution in [3.05, 3.63) is 70.6 Å². The third-order valence-electron chi connectivity index (χ3n) is 3.27. The molecule has 0 aliphatic heterocycles. The third kappa shape index (κ3) is 2.98. The Bertz CT molecular complexity index is 804. The van der Waals surface area contributed by atoms with Gasteiger partial charge < -0.3 is 4.74 Å². The minimum atomic E-state index is -0.273. The summed E-state index contributed by atoms with van der Waals surface area (Å²) in [7, 11) is 0. The first kappa shape index (κ1) is 13.8. The van der Waals surface area contributed by atoms with Gasteiger partial charge in [0.2, 0.25) is 0 Å². The number of ether oxygens (including phenoxy) is 1. The summed E-state index contributed by atoms with van der Waals surface area (Å²) in [5, 5.41) is 1.43. The van der Waals surface area contributed by atoms with E-state index in [0.717, 1.165) is 22.0 Å². The van der Waals surface area contributed by atoms with Gasteiger partial charge in [0.1, 0.15) is 23.3 Å². The number of benzene rings is 2. The topological polar surface area (TPSA) is 22.1 Å². The second-order valence-electron chi connectivity index (χ2n) is 4.83. The summed E-state index contributed by atoms with van der Waals surface area (Å²) in [5.74, 6) is 0.367. The summed E-state index contributed by atoms with van der Waals surface area (Å²) < 4.78 is 18.8. The molecule has 1 heterocycles. The highest BCUT2D eigenvalue weighted by molar-refractivity contribution is 6.30. The van der Waals surface area contributed by atoms with Crippen LogP contribution in [0.1, 0.15) is 11.1 Å². The van der Waals surface area contributed by atoms with Crippen LogP contribution in [0.2, 0.25) is 5.15 Å². The van der Waals surface area contributed by atoms with Gasteiger partial charge in [-0.3, -0.25) is 0 Å². The lowest BCUT2D eigenvalue weighted by Crippen LogP contribution is -1.99. The largest absolute Gasteiger partial charge is 0.489 e. The Balaban J connectivity index is 1.86. The van der Waals surface area contributed by atoms with Crippen LogP contribution in [0.4, 0.5) is 4.39 Å². The number of pyridine rings is 1. The molecule has 4 heteroatoms. The fourth-order valence-electron chi connectivity index (χ4n) is 2.17. The van der Waals surface area contributed by atoms with Crippen molar-refractivity contribution in [1.82, 2.24) is 4.98 Å². The SMILES string of the molecule is Cc1cc(F)ccc1OCc1cc2ccccc2nc1Cl. The number of fused-ring (bicyclic) bond motifs is 1. The summed E-state index contributed by atoms with van der Waals surface area (Å²) in [6.45, 7) is 2.10. The van der Waals surface area contributed by atoms with Crippen molar-refractivity contribution < 1.29 is 9.13 Å². The monoisotopic (exact) mass is 301 g/mol. The van der Waals surface area contributed by atoms with Crippen LogP contribution in [0.15, 0.2) is 48.5 Å². The predicted molar refractivity (Wildman–Crippen MR) is 82.2 cm³/mol. The van der Waals surface area contributed by atoms with Crippen LogP contribution in [0.3, 0.4) is 0 Å². The first-order valence-electron chi connectivity index (χ1n) is 6.56. The zero-order chi connectivity index (χ0) is 14.8. The average Bonchev–Trinajstić information content (AvgIpc) is 2.46. The Kier molecular flexibility index (Phi) is 3.76. The Labute approximate surface area is 127 Å². The third-order valence-corrected chi connectivity index (χ3v) is 3.60. The second kappa shape index (κ2) is 5.70. The molecule has 21 heavy (non-hydrogen) atoms. The van der Waals surface area contributed by atoms with Crippen LogP contribution in [0.5, 0.6) is 5.75 Å². The summed E-state index contributed by atoms with van der Waals surface area (Å²) in [6.07, 6.45) is 0. The molecule has 0 bridgehead atoms. The first-order valence-corrected chi connectivity index (χ1v) is 6.94. The summed E-state index contributed by atoms with van der Waals surface area (Å²) in [5.41, 5.74) is 2.41. The Morgan fingerprint density at radius 2 is 1.95 bits per heavy atom. The molecule has 3 aromatic rings. The van der Waals surface area contributed by atoms with Gasteiger partial charge in [-0.15, -0.1) is 0 Å². The van der Waals surface area contributed by atoms with E-state index >= 15 is 0 Å². The van der Waals surface area contributed by atoms with E-state index in [4.69, 9.17) is 16.3 Å². The minimum absolute atomic E-state index is 0.273. The van der Waals surface area contributed by atoms with Crippen molar-refractivity contribution in [2.24, 2.45) is 0 Å². The molecule has 0 unspecified atom stereocenters. The maximum absolute atomic E-state index is 13.1. The zero-order valence-corrected chi connectivity index (χ0v) is 12.2. The van der Waals surface area contributed by atoms with Gasteiger partial charge in [-0.25, -0.2) is 9.37 Å². The molecule has 0 saturated carbocycles. The van der Waals surface area contributed by atoms with Crippen LogP contribution < -0.4 is 4.74 Å². The van der Waals surface area contributed by atoms with Gasteiger partial charge in [0.15, 0.2) is 0 Å². The van der Waals surface area contributed by atoms with Crippen LogP contribution in [0, 0.1) is 12.7 Å². The van der Waals surface area contributed by atoms with Gasteiger partial charge in [-0.1, -0.05) is 29.8 Å². The highest BCUT2D eigenvalue weighted by Crippen LogP contribution is 2.24. The maximum Gasteiger partial charge on any atom is 0.136 e. The molecule has 0 fully saturated rings. The Morgan fingerprint density at radius 1 is 1.14 bits per heavy atom. The summed E-state index contributed by atoms with van der Waals surface area (Å²) in [4.78, 5) is 4.35. The molecule has 0 radical (unpaired) electrons. The number of halogens is 2. The van der Waals surface area contributed by atoms with E-state index in [1.54, 1.807) is 13.0 Å². The number of hydrogen-bond acceptors (Lipinski definition) is 2. The number of hydrogen-bond donors (Lipinski definition) is 0. The number of rotatable bonds is 3. The van der Waals surface area contributed by atoms with Crippen molar-refractivity contribution in [2.75, 3.05) is 0 Å². The first-order chi connectivity index (χ1) is 10.1. The summed E-state index contributed by atoms with van der Waals surface area (Å²) in [6, 6.07) is 14.2. The Morgan fingerprint density at radius 3 is 2.76 bits per heavy atom. The van der Waals surface area contributed by atoms with Crippen LogP contribution >= 0.6 is 11.6 Å². The molecule has 0 amide bonds. The van der Waals surface area contributed by atoms with E-state index in [0.29, 0.717) is 17.5 Å².